The number of aliphatic carboxylic acids is 1. The third-order valence-electron chi connectivity index (χ3n) is 3.97. The lowest BCUT2D eigenvalue weighted by molar-refractivity contribution is -0.137. The van der Waals surface area contributed by atoms with Crippen LogP contribution in [0.1, 0.15) is 24.0 Å². The maximum absolute atomic E-state index is 12.5. The van der Waals surface area contributed by atoms with Crippen molar-refractivity contribution in [1.82, 2.24) is 10.6 Å². The van der Waals surface area contributed by atoms with E-state index in [1.54, 1.807) is 0 Å². The summed E-state index contributed by atoms with van der Waals surface area (Å²) in [5.41, 5.74) is 1.73. The molecule has 0 aromatic heterocycles. The van der Waals surface area contributed by atoms with Crippen LogP contribution in [0.3, 0.4) is 0 Å². The third kappa shape index (κ3) is 7.90. The van der Waals surface area contributed by atoms with E-state index in [0.717, 1.165) is 11.1 Å². The summed E-state index contributed by atoms with van der Waals surface area (Å²) in [6.45, 7) is 0.322. The van der Waals surface area contributed by atoms with Gasteiger partial charge in [0.05, 0.1) is 0 Å². The molecule has 0 bridgehead atoms. The summed E-state index contributed by atoms with van der Waals surface area (Å²) in [4.78, 5) is 35.2. The lowest BCUT2D eigenvalue weighted by Crippen LogP contribution is -2.48. The highest BCUT2D eigenvalue weighted by atomic mass is 16.5. The Balaban J connectivity index is 1.91. The molecule has 148 valence electrons. The SMILES string of the molecule is O=C(O)CCCNC(=O)C(Cc1ccccc1)NC(=O)OCc1ccccc1. The molecule has 2 aromatic rings. The van der Waals surface area contributed by atoms with Crippen LogP contribution in [0, 0.1) is 0 Å². The highest BCUT2D eigenvalue weighted by Crippen LogP contribution is 2.05. The number of carboxylic acids is 1. The summed E-state index contributed by atoms with van der Waals surface area (Å²) in [6.07, 6.45) is -0.106. The fraction of sp³-hybridized carbons (Fsp3) is 0.286. The van der Waals surface area contributed by atoms with Gasteiger partial charge in [-0.25, -0.2) is 4.79 Å². The maximum Gasteiger partial charge on any atom is 0.408 e. The van der Waals surface area contributed by atoms with Crippen LogP contribution in [-0.4, -0.2) is 35.7 Å². The smallest absolute Gasteiger partial charge is 0.408 e. The number of nitrogens with one attached hydrogen (secondary N) is 2. The van der Waals surface area contributed by atoms with Crippen LogP contribution in [0.25, 0.3) is 0 Å². The van der Waals surface area contributed by atoms with Crippen molar-refractivity contribution < 1.29 is 24.2 Å². The second-order valence-electron chi connectivity index (χ2n) is 6.24. The van der Waals surface area contributed by atoms with Crippen molar-refractivity contribution in [2.75, 3.05) is 6.54 Å². The van der Waals surface area contributed by atoms with Crippen molar-refractivity contribution in [3.8, 4) is 0 Å². The van der Waals surface area contributed by atoms with Crippen LogP contribution in [0.2, 0.25) is 0 Å². The minimum atomic E-state index is -0.919. The molecule has 1 unspecified atom stereocenters. The monoisotopic (exact) mass is 384 g/mol. The molecule has 3 N–H and O–H groups in total. The van der Waals surface area contributed by atoms with E-state index in [1.807, 2.05) is 60.7 Å². The Bertz CT molecular complexity index is 765. The molecular weight excluding hydrogens is 360 g/mol. The number of carbonyl (C=O) groups excluding carboxylic acids is 2. The first-order valence-corrected chi connectivity index (χ1v) is 9.05. The molecule has 2 rings (SSSR count). The van der Waals surface area contributed by atoms with Crippen molar-refractivity contribution in [2.24, 2.45) is 0 Å². The van der Waals surface area contributed by atoms with Gasteiger partial charge < -0.3 is 20.5 Å². The van der Waals surface area contributed by atoms with Gasteiger partial charge in [0.15, 0.2) is 0 Å². The van der Waals surface area contributed by atoms with E-state index >= 15 is 0 Å². The minimum Gasteiger partial charge on any atom is -0.481 e. The quantitative estimate of drug-likeness (QED) is 0.546. The number of hydrogen-bond acceptors (Lipinski definition) is 4. The molecular formula is C21H24N2O5. The minimum absolute atomic E-state index is 0.0316. The van der Waals surface area contributed by atoms with E-state index in [2.05, 4.69) is 10.6 Å². The van der Waals surface area contributed by atoms with Crippen LogP contribution >= 0.6 is 0 Å². The number of hydrogen-bond donors (Lipinski definition) is 3. The van der Waals surface area contributed by atoms with Crippen LogP contribution in [0.4, 0.5) is 4.79 Å². The summed E-state index contributed by atoms with van der Waals surface area (Å²) >= 11 is 0. The summed E-state index contributed by atoms with van der Waals surface area (Å²) < 4.78 is 5.20. The number of carbonyl (C=O) groups is 3. The number of benzene rings is 2. The zero-order valence-electron chi connectivity index (χ0n) is 15.5. The van der Waals surface area contributed by atoms with Gasteiger partial charge in [-0.05, 0) is 17.5 Å². The average Bonchev–Trinajstić information content (AvgIpc) is 2.70. The van der Waals surface area contributed by atoms with Crippen LogP contribution in [0.5, 0.6) is 0 Å². The number of rotatable bonds is 10. The van der Waals surface area contributed by atoms with Crippen molar-refractivity contribution in [3.63, 3.8) is 0 Å². The first-order valence-electron chi connectivity index (χ1n) is 9.05. The van der Waals surface area contributed by atoms with Gasteiger partial charge in [0.2, 0.25) is 5.91 Å². The molecule has 0 saturated carbocycles. The van der Waals surface area contributed by atoms with Gasteiger partial charge >= 0.3 is 12.1 Å². The molecule has 0 aliphatic carbocycles. The molecule has 0 spiro atoms. The van der Waals surface area contributed by atoms with Gasteiger partial charge in [0.25, 0.3) is 0 Å². The normalized spacial score (nSPS) is 11.3. The van der Waals surface area contributed by atoms with Crippen LogP contribution < -0.4 is 10.6 Å². The Morgan fingerprint density at radius 1 is 0.929 bits per heavy atom. The molecule has 0 radical (unpaired) electrons. The van der Waals surface area contributed by atoms with E-state index in [0.29, 0.717) is 12.8 Å². The molecule has 7 heteroatoms. The Morgan fingerprint density at radius 3 is 2.14 bits per heavy atom. The van der Waals surface area contributed by atoms with Crippen molar-refractivity contribution in [1.29, 1.82) is 0 Å². The van der Waals surface area contributed by atoms with Crippen LogP contribution in [0.15, 0.2) is 60.7 Å². The highest BCUT2D eigenvalue weighted by Gasteiger charge is 2.21. The highest BCUT2D eigenvalue weighted by molar-refractivity contribution is 5.85. The second kappa shape index (κ2) is 11.4. The maximum atomic E-state index is 12.5. The molecule has 7 nitrogen and oxygen atoms in total. The van der Waals surface area contributed by atoms with E-state index in [-0.39, 0.29) is 25.5 Å². The molecule has 0 fully saturated rings. The molecule has 0 heterocycles. The predicted molar refractivity (Wildman–Crippen MR) is 104 cm³/mol. The average molecular weight is 384 g/mol. The first kappa shape index (κ1) is 21.0. The molecule has 28 heavy (non-hydrogen) atoms. The molecule has 1 atom stereocenters. The fourth-order valence-electron chi connectivity index (χ4n) is 2.54. The summed E-state index contributed by atoms with van der Waals surface area (Å²) in [6, 6.07) is 17.7. The van der Waals surface area contributed by atoms with Crippen molar-refractivity contribution >= 4 is 18.0 Å². The summed E-state index contributed by atoms with van der Waals surface area (Å²) in [7, 11) is 0. The molecule has 0 saturated heterocycles. The lowest BCUT2D eigenvalue weighted by Gasteiger charge is -2.18. The molecule has 2 aromatic carbocycles. The van der Waals surface area contributed by atoms with E-state index < -0.39 is 18.1 Å². The van der Waals surface area contributed by atoms with Gasteiger partial charge in [0, 0.05) is 19.4 Å². The van der Waals surface area contributed by atoms with E-state index in [4.69, 9.17) is 9.84 Å². The van der Waals surface area contributed by atoms with Crippen LogP contribution in [-0.2, 0) is 27.4 Å². The van der Waals surface area contributed by atoms with Gasteiger partial charge in [-0.1, -0.05) is 60.7 Å². The van der Waals surface area contributed by atoms with Gasteiger partial charge in [0.1, 0.15) is 12.6 Å². The molecule has 0 aliphatic rings. The zero-order chi connectivity index (χ0) is 20.2. The fourth-order valence-corrected chi connectivity index (χ4v) is 2.54. The number of carboxylic acid groups (broad SMARTS) is 1. The largest absolute Gasteiger partial charge is 0.481 e. The van der Waals surface area contributed by atoms with Gasteiger partial charge in [-0.2, -0.15) is 0 Å². The third-order valence-corrected chi connectivity index (χ3v) is 3.97. The van der Waals surface area contributed by atoms with Crippen molar-refractivity contribution in [2.45, 2.75) is 31.9 Å². The molecule has 2 amide bonds. The second-order valence-corrected chi connectivity index (χ2v) is 6.24. The van der Waals surface area contributed by atoms with Gasteiger partial charge in [-0.3, -0.25) is 9.59 Å². The standard InChI is InChI=1S/C21H24N2O5/c24-19(25)12-7-13-22-20(26)18(14-16-8-3-1-4-9-16)23-21(27)28-15-17-10-5-2-6-11-17/h1-6,8-11,18H,7,12-15H2,(H,22,26)(H,23,27)(H,24,25). The van der Waals surface area contributed by atoms with Crippen molar-refractivity contribution in [3.05, 3.63) is 71.8 Å². The Labute approximate surface area is 163 Å². The van der Waals surface area contributed by atoms with E-state index in [9.17, 15) is 14.4 Å². The molecule has 0 aliphatic heterocycles. The lowest BCUT2D eigenvalue weighted by atomic mass is 10.1. The topological polar surface area (TPSA) is 105 Å². The zero-order valence-corrected chi connectivity index (χ0v) is 15.5. The number of amides is 2. The Hall–Kier alpha value is -3.35. The predicted octanol–water partition coefficient (Wildman–Crippen LogP) is 2.51. The Kier molecular flexibility index (Phi) is 8.52. The number of alkyl carbamates (subject to hydrolysis) is 1. The first-order chi connectivity index (χ1) is 13.5. The summed E-state index contributed by atoms with van der Waals surface area (Å²) in [5.74, 6) is -1.30. The number of ether oxygens (including phenoxy) is 1. The summed E-state index contributed by atoms with van der Waals surface area (Å²) in [5, 5.41) is 13.9. The van der Waals surface area contributed by atoms with E-state index in [1.165, 1.54) is 0 Å². The van der Waals surface area contributed by atoms with Gasteiger partial charge in [-0.15, -0.1) is 0 Å². The Morgan fingerprint density at radius 2 is 1.54 bits per heavy atom.